The number of hydrogen-bond donors (Lipinski definition) is 0. The van der Waals surface area contributed by atoms with E-state index < -0.39 is 5.95 Å². The van der Waals surface area contributed by atoms with Crippen molar-refractivity contribution in [2.24, 2.45) is 0 Å². The highest BCUT2D eigenvalue weighted by Crippen LogP contribution is 2.30. The second-order valence-electron chi connectivity index (χ2n) is 4.04. The lowest BCUT2D eigenvalue weighted by atomic mass is 10.1. The number of rotatable bonds is 3. The molecule has 2 heterocycles. The molecule has 0 unspecified atom stereocenters. The van der Waals surface area contributed by atoms with Crippen molar-refractivity contribution >= 4 is 0 Å². The molecule has 0 saturated heterocycles. The molecule has 19 heavy (non-hydrogen) atoms. The third kappa shape index (κ3) is 2.47. The second kappa shape index (κ2) is 5.17. The zero-order valence-corrected chi connectivity index (χ0v) is 11.2. The van der Waals surface area contributed by atoms with Gasteiger partial charge in [-0.1, -0.05) is 0 Å². The van der Waals surface area contributed by atoms with Crippen LogP contribution in [0.2, 0.25) is 0 Å². The molecular formula is C13H14FN3O2. The summed E-state index contributed by atoms with van der Waals surface area (Å²) in [6, 6.07) is 1.80. The van der Waals surface area contributed by atoms with E-state index in [1.54, 1.807) is 13.0 Å². The summed E-state index contributed by atoms with van der Waals surface area (Å²) in [4.78, 5) is 11.9. The van der Waals surface area contributed by atoms with Crippen molar-refractivity contribution in [1.82, 2.24) is 15.0 Å². The highest BCUT2D eigenvalue weighted by Gasteiger charge is 2.17. The van der Waals surface area contributed by atoms with E-state index in [0.717, 1.165) is 5.56 Å². The van der Waals surface area contributed by atoms with Crippen LogP contribution < -0.4 is 9.47 Å². The number of ether oxygens (including phenoxy) is 2. The number of nitrogens with zero attached hydrogens (tertiary/aromatic N) is 3. The summed E-state index contributed by atoms with van der Waals surface area (Å²) >= 11 is 0. The lowest BCUT2D eigenvalue weighted by Gasteiger charge is -2.11. The zero-order valence-electron chi connectivity index (χ0n) is 11.2. The van der Waals surface area contributed by atoms with Crippen molar-refractivity contribution in [3.8, 4) is 23.1 Å². The smallest absolute Gasteiger partial charge is 0.320 e. The van der Waals surface area contributed by atoms with Gasteiger partial charge in [0.1, 0.15) is 0 Å². The fraction of sp³-hybridized carbons (Fsp3) is 0.308. The normalized spacial score (nSPS) is 10.4. The molecule has 0 aromatic carbocycles. The first-order valence-electron chi connectivity index (χ1n) is 5.66. The van der Waals surface area contributed by atoms with Crippen molar-refractivity contribution < 1.29 is 13.9 Å². The maximum atomic E-state index is 13.9. The Morgan fingerprint density at radius 3 is 2.47 bits per heavy atom. The first kappa shape index (κ1) is 13.2. The molecule has 0 aliphatic carbocycles. The van der Waals surface area contributed by atoms with Crippen molar-refractivity contribution in [3.63, 3.8) is 0 Å². The van der Waals surface area contributed by atoms with Crippen molar-refractivity contribution in [1.29, 1.82) is 0 Å². The molecule has 0 N–H and O–H groups in total. The third-order valence-corrected chi connectivity index (χ3v) is 2.69. The minimum atomic E-state index is -0.587. The van der Waals surface area contributed by atoms with E-state index in [1.807, 2.05) is 6.92 Å². The van der Waals surface area contributed by atoms with E-state index in [0.29, 0.717) is 22.7 Å². The van der Waals surface area contributed by atoms with Crippen LogP contribution in [0.3, 0.4) is 0 Å². The minimum absolute atomic E-state index is 0.123. The van der Waals surface area contributed by atoms with Gasteiger partial charge in [-0.05, 0) is 25.5 Å². The summed E-state index contributed by atoms with van der Waals surface area (Å²) in [5.74, 6) is -0.237. The van der Waals surface area contributed by atoms with Crippen LogP contribution in [-0.4, -0.2) is 29.2 Å². The van der Waals surface area contributed by atoms with Crippen LogP contribution in [0.15, 0.2) is 12.3 Å². The van der Waals surface area contributed by atoms with E-state index in [4.69, 9.17) is 9.47 Å². The van der Waals surface area contributed by atoms with Gasteiger partial charge in [0.15, 0.2) is 0 Å². The lowest BCUT2D eigenvalue weighted by Crippen LogP contribution is -2.02. The van der Waals surface area contributed by atoms with Crippen LogP contribution in [0.1, 0.15) is 11.1 Å². The van der Waals surface area contributed by atoms with Crippen molar-refractivity contribution in [2.75, 3.05) is 14.2 Å². The van der Waals surface area contributed by atoms with E-state index in [1.165, 1.54) is 20.4 Å². The molecule has 0 saturated carbocycles. The molecule has 0 atom stereocenters. The maximum absolute atomic E-state index is 13.9. The average molecular weight is 263 g/mol. The molecule has 0 bridgehead atoms. The molecule has 0 radical (unpaired) electrons. The molecular weight excluding hydrogens is 249 g/mol. The van der Waals surface area contributed by atoms with E-state index in [2.05, 4.69) is 15.0 Å². The summed E-state index contributed by atoms with van der Waals surface area (Å²) in [6.45, 7) is 3.59. The topological polar surface area (TPSA) is 57.1 Å². The molecule has 6 heteroatoms. The number of aryl methyl sites for hydroxylation is 1. The van der Waals surface area contributed by atoms with Gasteiger partial charge in [-0.15, -0.1) is 0 Å². The fourth-order valence-corrected chi connectivity index (χ4v) is 1.75. The first-order chi connectivity index (χ1) is 9.06. The quantitative estimate of drug-likeness (QED) is 0.795. The fourth-order valence-electron chi connectivity index (χ4n) is 1.75. The van der Waals surface area contributed by atoms with Gasteiger partial charge in [0.05, 0.1) is 25.5 Å². The number of methoxy groups -OCH3 is 2. The molecule has 0 fully saturated rings. The number of pyridine rings is 1. The number of aromatic nitrogens is 3. The van der Waals surface area contributed by atoms with Gasteiger partial charge in [-0.25, -0.2) is 4.98 Å². The Morgan fingerprint density at radius 2 is 1.84 bits per heavy atom. The lowest BCUT2D eigenvalue weighted by molar-refractivity contribution is 0.350. The van der Waals surface area contributed by atoms with Gasteiger partial charge in [-0.3, -0.25) is 0 Å². The van der Waals surface area contributed by atoms with Crippen molar-refractivity contribution in [3.05, 3.63) is 29.3 Å². The molecule has 0 amide bonds. The molecule has 5 nitrogen and oxygen atoms in total. The number of halogens is 1. The summed E-state index contributed by atoms with van der Waals surface area (Å²) < 4.78 is 24.0. The van der Waals surface area contributed by atoms with Gasteiger partial charge < -0.3 is 9.47 Å². The Labute approximate surface area is 110 Å². The molecule has 2 aromatic heterocycles. The van der Waals surface area contributed by atoms with Crippen LogP contribution in [-0.2, 0) is 0 Å². The summed E-state index contributed by atoms with van der Waals surface area (Å²) in [7, 11) is 2.93. The predicted molar refractivity (Wildman–Crippen MR) is 67.8 cm³/mol. The second-order valence-corrected chi connectivity index (χ2v) is 4.04. The average Bonchev–Trinajstić information content (AvgIpc) is 2.42. The summed E-state index contributed by atoms with van der Waals surface area (Å²) in [5, 5.41) is 0. The third-order valence-electron chi connectivity index (χ3n) is 2.69. The standard InChI is InChI=1S/C13H14FN3O2/c1-7-5-9(11(14)15-6-7)10-8(2)12(18-3)17-13(16-10)19-4/h5-6H,1-4H3. The van der Waals surface area contributed by atoms with E-state index in [9.17, 15) is 4.39 Å². The summed E-state index contributed by atoms with van der Waals surface area (Å²) in [6.07, 6.45) is 1.46. The van der Waals surface area contributed by atoms with Crippen LogP contribution in [0, 0.1) is 19.8 Å². The molecule has 0 aliphatic rings. The van der Waals surface area contributed by atoms with Crippen LogP contribution >= 0.6 is 0 Å². The van der Waals surface area contributed by atoms with Crippen molar-refractivity contribution in [2.45, 2.75) is 13.8 Å². The Hall–Kier alpha value is -2.24. The molecule has 100 valence electrons. The molecule has 2 aromatic rings. The Bertz CT molecular complexity index is 617. The Balaban J connectivity index is 2.70. The zero-order chi connectivity index (χ0) is 14.0. The first-order valence-corrected chi connectivity index (χ1v) is 5.66. The van der Waals surface area contributed by atoms with E-state index in [-0.39, 0.29) is 6.01 Å². The highest BCUT2D eigenvalue weighted by molar-refractivity contribution is 5.65. The monoisotopic (exact) mass is 263 g/mol. The molecule has 0 spiro atoms. The van der Waals surface area contributed by atoms with Crippen LogP contribution in [0.5, 0.6) is 11.9 Å². The summed E-state index contributed by atoms with van der Waals surface area (Å²) in [5.41, 5.74) is 2.19. The largest absolute Gasteiger partial charge is 0.481 e. The minimum Gasteiger partial charge on any atom is -0.481 e. The van der Waals surface area contributed by atoms with Gasteiger partial charge in [0.25, 0.3) is 0 Å². The highest BCUT2D eigenvalue weighted by atomic mass is 19.1. The Morgan fingerprint density at radius 1 is 1.11 bits per heavy atom. The van der Waals surface area contributed by atoms with Crippen LogP contribution in [0.4, 0.5) is 4.39 Å². The SMILES string of the molecule is COc1nc(OC)c(C)c(-c2cc(C)cnc2F)n1. The van der Waals surface area contributed by atoms with Gasteiger partial charge in [0.2, 0.25) is 11.8 Å². The molecule has 0 aliphatic heterocycles. The Kier molecular flexibility index (Phi) is 3.59. The van der Waals surface area contributed by atoms with Crippen LogP contribution in [0.25, 0.3) is 11.3 Å². The van der Waals surface area contributed by atoms with Gasteiger partial charge in [0, 0.05) is 11.8 Å². The predicted octanol–water partition coefficient (Wildman–Crippen LogP) is 2.31. The maximum Gasteiger partial charge on any atom is 0.320 e. The molecule has 2 rings (SSSR count). The van der Waals surface area contributed by atoms with Gasteiger partial charge in [-0.2, -0.15) is 14.4 Å². The number of hydrogen-bond acceptors (Lipinski definition) is 5. The van der Waals surface area contributed by atoms with E-state index >= 15 is 0 Å². The van der Waals surface area contributed by atoms with Gasteiger partial charge >= 0.3 is 6.01 Å².